The predicted molar refractivity (Wildman–Crippen MR) is 141 cm³/mol. The standard InChI is InChI=1S/C24H30N4O5S3/c1-15(2)12-16(27-23(30)21-13-20-19(35-21)8-11-34-20)24(31)28(17-6-5-9-25-14-18(17)29)36(32,33)22-7-3-4-10-26-22/h3-4,7-8,10-11,13,15-18,25,29H,5-6,9,12,14H2,1-2H3,(H,27,30)/t16-,17?,18?/m0/s1. The van der Waals surface area contributed by atoms with Gasteiger partial charge in [0.1, 0.15) is 6.04 Å². The second-order valence-corrected chi connectivity index (χ2v) is 13.0. The van der Waals surface area contributed by atoms with Gasteiger partial charge in [0, 0.05) is 22.1 Å². The number of amides is 2. The number of carbonyl (C=O) groups is 2. The maximum absolute atomic E-state index is 14.0. The molecule has 0 bridgehead atoms. The first-order chi connectivity index (χ1) is 17.2. The number of fused-ring (bicyclic) bond motifs is 1. The lowest BCUT2D eigenvalue weighted by Gasteiger charge is -2.35. The molecule has 2 unspecified atom stereocenters. The van der Waals surface area contributed by atoms with Gasteiger partial charge < -0.3 is 15.7 Å². The van der Waals surface area contributed by atoms with Gasteiger partial charge >= 0.3 is 0 Å². The SMILES string of the molecule is CC(C)C[C@H](NC(=O)c1cc2sccc2s1)C(=O)N(C1CCCNCC1O)S(=O)(=O)c1ccccn1. The van der Waals surface area contributed by atoms with Crippen LogP contribution in [0.5, 0.6) is 0 Å². The Morgan fingerprint density at radius 3 is 2.78 bits per heavy atom. The van der Waals surface area contributed by atoms with E-state index in [1.807, 2.05) is 25.3 Å². The number of aromatic nitrogens is 1. The third kappa shape index (κ3) is 5.78. The second-order valence-electron chi connectivity index (χ2n) is 9.20. The zero-order valence-electron chi connectivity index (χ0n) is 20.1. The van der Waals surface area contributed by atoms with Crippen molar-refractivity contribution >= 4 is 53.9 Å². The number of nitrogens with one attached hydrogen (secondary N) is 2. The topological polar surface area (TPSA) is 129 Å². The number of nitrogens with zero attached hydrogens (tertiary/aromatic N) is 2. The van der Waals surface area contributed by atoms with Crippen molar-refractivity contribution in [1.82, 2.24) is 19.9 Å². The van der Waals surface area contributed by atoms with Gasteiger partial charge in [0.15, 0.2) is 5.03 Å². The molecule has 3 aromatic heterocycles. The minimum atomic E-state index is -4.40. The number of pyridine rings is 1. The third-order valence-corrected chi connectivity index (χ3v) is 9.84. The van der Waals surface area contributed by atoms with Crippen LogP contribution < -0.4 is 10.6 Å². The van der Waals surface area contributed by atoms with E-state index in [0.29, 0.717) is 17.8 Å². The lowest BCUT2D eigenvalue weighted by molar-refractivity contribution is -0.132. The summed E-state index contributed by atoms with van der Waals surface area (Å²) in [4.78, 5) is 31.6. The average Bonchev–Trinajstić information content (AvgIpc) is 3.39. The molecule has 1 saturated heterocycles. The van der Waals surface area contributed by atoms with Gasteiger partial charge in [0.05, 0.1) is 17.0 Å². The van der Waals surface area contributed by atoms with Crippen molar-refractivity contribution in [3.8, 4) is 0 Å². The number of β-amino-alcohol motifs (C(OH)–C–C–N with tert-alkyl or cyclic N) is 1. The molecule has 1 aliphatic rings. The fourth-order valence-electron chi connectivity index (χ4n) is 4.30. The molecule has 36 heavy (non-hydrogen) atoms. The summed E-state index contributed by atoms with van der Waals surface area (Å²) < 4.78 is 30.2. The van der Waals surface area contributed by atoms with E-state index in [1.165, 1.54) is 41.0 Å². The zero-order chi connectivity index (χ0) is 25.9. The van der Waals surface area contributed by atoms with Crippen molar-refractivity contribution in [2.75, 3.05) is 13.1 Å². The van der Waals surface area contributed by atoms with Gasteiger partial charge in [-0.15, -0.1) is 22.7 Å². The molecule has 0 spiro atoms. The Bertz CT molecular complexity index is 1280. The number of rotatable bonds is 8. The summed E-state index contributed by atoms with van der Waals surface area (Å²) in [5.41, 5.74) is 0. The average molecular weight is 551 g/mol. The van der Waals surface area contributed by atoms with E-state index in [-0.39, 0.29) is 30.3 Å². The van der Waals surface area contributed by atoms with E-state index in [0.717, 1.165) is 13.7 Å². The van der Waals surface area contributed by atoms with Crippen molar-refractivity contribution < 1.29 is 23.1 Å². The molecule has 3 N–H and O–H groups in total. The van der Waals surface area contributed by atoms with E-state index >= 15 is 0 Å². The van der Waals surface area contributed by atoms with E-state index in [9.17, 15) is 23.1 Å². The molecule has 0 radical (unpaired) electrons. The number of aliphatic hydroxyl groups excluding tert-OH is 1. The quantitative estimate of drug-likeness (QED) is 0.393. The molecule has 3 aromatic rings. The smallest absolute Gasteiger partial charge is 0.284 e. The van der Waals surface area contributed by atoms with Crippen LogP contribution in [0.2, 0.25) is 0 Å². The van der Waals surface area contributed by atoms with E-state index in [1.54, 1.807) is 12.1 Å². The summed E-state index contributed by atoms with van der Waals surface area (Å²) in [5, 5.41) is 18.4. The highest BCUT2D eigenvalue weighted by atomic mass is 32.2. The minimum absolute atomic E-state index is 0.00814. The fraction of sp³-hybridized carbons (Fsp3) is 0.458. The first kappa shape index (κ1) is 26.7. The molecule has 194 valence electrons. The minimum Gasteiger partial charge on any atom is -0.390 e. The van der Waals surface area contributed by atoms with Crippen LogP contribution in [-0.2, 0) is 14.8 Å². The van der Waals surface area contributed by atoms with Crippen molar-refractivity contribution in [2.24, 2.45) is 5.92 Å². The summed E-state index contributed by atoms with van der Waals surface area (Å²) in [6, 6.07) is 6.07. The van der Waals surface area contributed by atoms with Gasteiger partial charge in [-0.2, -0.15) is 8.42 Å². The summed E-state index contributed by atoms with van der Waals surface area (Å²) in [6.07, 6.45) is 1.34. The Labute approximate surface area is 218 Å². The van der Waals surface area contributed by atoms with Crippen LogP contribution in [0.4, 0.5) is 0 Å². The molecule has 2 amide bonds. The molecule has 4 heterocycles. The van der Waals surface area contributed by atoms with Gasteiger partial charge in [0.25, 0.3) is 21.8 Å². The van der Waals surface area contributed by atoms with Crippen LogP contribution in [0.15, 0.2) is 46.9 Å². The zero-order valence-corrected chi connectivity index (χ0v) is 22.5. The number of aliphatic hydroxyl groups is 1. The monoisotopic (exact) mass is 550 g/mol. The van der Waals surface area contributed by atoms with Gasteiger partial charge in [0.2, 0.25) is 0 Å². The number of thiophene rings is 2. The van der Waals surface area contributed by atoms with Crippen LogP contribution >= 0.6 is 22.7 Å². The van der Waals surface area contributed by atoms with E-state index < -0.39 is 40.0 Å². The number of hydrogen-bond donors (Lipinski definition) is 3. The van der Waals surface area contributed by atoms with Gasteiger partial charge in [-0.3, -0.25) is 9.59 Å². The van der Waals surface area contributed by atoms with Crippen LogP contribution in [0, 0.1) is 5.92 Å². The van der Waals surface area contributed by atoms with Crippen LogP contribution in [0.3, 0.4) is 0 Å². The molecule has 12 heteroatoms. The van der Waals surface area contributed by atoms with Crippen LogP contribution in [0.1, 0.15) is 42.8 Å². The Morgan fingerprint density at radius 1 is 1.28 bits per heavy atom. The molecule has 0 aliphatic carbocycles. The molecule has 0 saturated carbocycles. The maximum Gasteiger partial charge on any atom is 0.284 e. The Kier molecular flexibility index (Phi) is 8.41. The highest BCUT2D eigenvalue weighted by Gasteiger charge is 2.43. The van der Waals surface area contributed by atoms with Gasteiger partial charge in [-0.1, -0.05) is 19.9 Å². The summed E-state index contributed by atoms with van der Waals surface area (Å²) in [7, 11) is -4.40. The lowest BCUT2D eigenvalue weighted by Crippen LogP contribution is -2.57. The molecule has 0 aromatic carbocycles. The third-order valence-electron chi connectivity index (χ3n) is 6.00. The fourth-order valence-corrected chi connectivity index (χ4v) is 7.93. The molecule has 1 aliphatic heterocycles. The molecule has 9 nitrogen and oxygen atoms in total. The highest BCUT2D eigenvalue weighted by molar-refractivity contribution is 7.89. The molecule has 1 fully saturated rings. The van der Waals surface area contributed by atoms with E-state index in [2.05, 4.69) is 15.6 Å². The van der Waals surface area contributed by atoms with Crippen LogP contribution in [0.25, 0.3) is 9.40 Å². The maximum atomic E-state index is 14.0. The summed E-state index contributed by atoms with van der Waals surface area (Å²) in [5.74, 6) is -1.21. The van der Waals surface area contributed by atoms with Gasteiger partial charge in [-0.05, 0) is 61.4 Å². The van der Waals surface area contributed by atoms with Crippen LogP contribution in [-0.4, -0.2) is 65.9 Å². The number of carbonyl (C=O) groups excluding carboxylic acids is 2. The highest BCUT2D eigenvalue weighted by Crippen LogP contribution is 2.30. The molecule has 4 rings (SSSR count). The molecule has 3 atom stereocenters. The first-order valence-corrected chi connectivity index (χ1v) is 15.0. The predicted octanol–water partition coefficient (Wildman–Crippen LogP) is 2.83. The normalized spacial score (nSPS) is 19.7. The second kappa shape index (κ2) is 11.3. The van der Waals surface area contributed by atoms with Gasteiger partial charge in [-0.25, -0.2) is 9.29 Å². The molecular formula is C24H30N4O5S3. The Balaban J connectivity index is 1.70. The summed E-state index contributed by atoms with van der Waals surface area (Å²) in [6.45, 7) is 4.55. The van der Waals surface area contributed by atoms with Crippen molar-refractivity contribution in [3.63, 3.8) is 0 Å². The Morgan fingerprint density at radius 2 is 2.08 bits per heavy atom. The largest absolute Gasteiger partial charge is 0.390 e. The van der Waals surface area contributed by atoms with Crippen molar-refractivity contribution in [3.05, 3.63) is 46.8 Å². The van der Waals surface area contributed by atoms with Crippen molar-refractivity contribution in [1.29, 1.82) is 0 Å². The summed E-state index contributed by atoms with van der Waals surface area (Å²) >= 11 is 2.85. The molecular weight excluding hydrogens is 520 g/mol. The first-order valence-electron chi connectivity index (χ1n) is 11.8. The number of sulfonamides is 1. The lowest BCUT2D eigenvalue weighted by atomic mass is 10.0. The van der Waals surface area contributed by atoms with Crippen molar-refractivity contribution in [2.45, 2.75) is 56.3 Å². The number of hydrogen-bond acceptors (Lipinski definition) is 9. The Hall–Kier alpha value is -2.38. The van der Waals surface area contributed by atoms with E-state index in [4.69, 9.17) is 0 Å².